The molecule has 3 atom stereocenters. The molecule has 0 amide bonds. The molecule has 2 heteroatoms. The molecule has 0 saturated heterocycles. The van der Waals surface area contributed by atoms with Gasteiger partial charge in [0.2, 0.25) is 0 Å². The van der Waals surface area contributed by atoms with Crippen LogP contribution in [0.5, 0.6) is 0 Å². The molecule has 0 aliphatic rings. The Morgan fingerprint density at radius 2 is 1.40 bits per heavy atom. The first kappa shape index (κ1) is 14.8. The highest BCUT2D eigenvalue weighted by molar-refractivity contribution is 5.23. The molecule has 0 saturated carbocycles. The number of nitrogens with one attached hydrogen (secondary N) is 1. The molecule has 2 N–H and O–H groups in total. The van der Waals surface area contributed by atoms with Gasteiger partial charge in [-0.3, -0.25) is 0 Å². The van der Waals surface area contributed by atoms with Crippen LogP contribution in [-0.2, 0) is 0 Å². The molecule has 0 aromatic heterocycles. The van der Waals surface area contributed by atoms with Crippen LogP contribution in [0.3, 0.4) is 0 Å². The van der Waals surface area contributed by atoms with Crippen LogP contribution in [0.2, 0.25) is 0 Å². The second-order valence-corrected chi connectivity index (χ2v) is 5.16. The molecular formula is C18H23NO. The Kier molecular flexibility index (Phi) is 5.33. The van der Waals surface area contributed by atoms with E-state index in [9.17, 15) is 5.11 Å². The van der Waals surface area contributed by atoms with Crippen molar-refractivity contribution < 1.29 is 5.11 Å². The average molecular weight is 269 g/mol. The lowest BCUT2D eigenvalue weighted by Gasteiger charge is -2.29. The van der Waals surface area contributed by atoms with E-state index in [0.717, 1.165) is 12.1 Å². The molecule has 20 heavy (non-hydrogen) atoms. The lowest BCUT2D eigenvalue weighted by atomic mass is 9.87. The van der Waals surface area contributed by atoms with E-state index in [1.54, 1.807) is 0 Å². The quantitative estimate of drug-likeness (QED) is 0.838. The van der Waals surface area contributed by atoms with Crippen molar-refractivity contribution >= 4 is 0 Å². The smallest absolute Gasteiger partial charge is 0.0833 e. The maximum atomic E-state index is 10.6. The second kappa shape index (κ2) is 7.22. The van der Waals surface area contributed by atoms with Gasteiger partial charge in [-0.25, -0.2) is 0 Å². The van der Waals surface area contributed by atoms with Crippen molar-refractivity contribution in [3.63, 3.8) is 0 Å². The molecule has 2 aromatic carbocycles. The van der Waals surface area contributed by atoms with Crippen LogP contribution < -0.4 is 5.32 Å². The average Bonchev–Trinajstić information content (AvgIpc) is 2.53. The van der Waals surface area contributed by atoms with Gasteiger partial charge >= 0.3 is 0 Å². The van der Waals surface area contributed by atoms with Gasteiger partial charge in [-0.05, 0) is 17.7 Å². The summed E-state index contributed by atoms with van der Waals surface area (Å²) in [6.45, 7) is 5.07. The fraction of sp³-hybridized carbons (Fsp3) is 0.333. The fourth-order valence-electron chi connectivity index (χ4n) is 2.62. The first-order valence-electron chi connectivity index (χ1n) is 7.25. The first-order chi connectivity index (χ1) is 9.74. The van der Waals surface area contributed by atoms with E-state index >= 15 is 0 Å². The summed E-state index contributed by atoms with van der Waals surface area (Å²) in [6.07, 6.45) is -0.472. The topological polar surface area (TPSA) is 32.3 Å². The van der Waals surface area contributed by atoms with Crippen LogP contribution in [0.1, 0.15) is 37.1 Å². The van der Waals surface area contributed by atoms with Gasteiger partial charge in [-0.1, -0.05) is 74.5 Å². The van der Waals surface area contributed by atoms with Gasteiger partial charge in [-0.15, -0.1) is 0 Å². The summed E-state index contributed by atoms with van der Waals surface area (Å²) < 4.78 is 0. The van der Waals surface area contributed by atoms with E-state index in [1.807, 2.05) is 48.5 Å². The van der Waals surface area contributed by atoms with Gasteiger partial charge in [-0.2, -0.15) is 0 Å². The van der Waals surface area contributed by atoms with Crippen LogP contribution in [0.15, 0.2) is 60.7 Å². The Morgan fingerprint density at radius 1 is 0.900 bits per heavy atom. The zero-order chi connectivity index (χ0) is 14.4. The predicted molar refractivity (Wildman–Crippen MR) is 83.4 cm³/mol. The Hall–Kier alpha value is -1.64. The molecule has 0 aliphatic carbocycles. The number of hydrogen-bond acceptors (Lipinski definition) is 2. The number of aliphatic hydroxyl groups is 1. The summed E-state index contributed by atoms with van der Waals surface area (Å²) >= 11 is 0. The van der Waals surface area contributed by atoms with Gasteiger partial charge in [0.25, 0.3) is 0 Å². The molecule has 2 aromatic rings. The Balaban J connectivity index is 2.21. The van der Waals surface area contributed by atoms with E-state index in [4.69, 9.17) is 0 Å². The van der Waals surface area contributed by atoms with E-state index < -0.39 is 6.10 Å². The normalized spacial score (nSPS) is 15.6. The van der Waals surface area contributed by atoms with Gasteiger partial charge in [0, 0.05) is 12.0 Å². The van der Waals surface area contributed by atoms with Crippen molar-refractivity contribution in [2.75, 3.05) is 6.54 Å². The lowest BCUT2D eigenvalue weighted by Crippen LogP contribution is -2.30. The van der Waals surface area contributed by atoms with Crippen LogP contribution in [0.4, 0.5) is 0 Å². The lowest BCUT2D eigenvalue weighted by molar-refractivity contribution is 0.0941. The van der Waals surface area contributed by atoms with Gasteiger partial charge < -0.3 is 10.4 Å². The largest absolute Gasteiger partial charge is 0.388 e. The molecule has 2 rings (SSSR count). The fourth-order valence-corrected chi connectivity index (χ4v) is 2.62. The van der Waals surface area contributed by atoms with E-state index in [2.05, 4.69) is 31.3 Å². The van der Waals surface area contributed by atoms with E-state index in [0.29, 0.717) is 0 Å². The SMILES string of the molecule is CCN[C@@H](c1ccccc1)[C@H](C)[C@H](O)c1ccccc1. The molecule has 0 heterocycles. The minimum absolute atomic E-state index is 0.0970. The molecule has 106 valence electrons. The molecule has 0 fully saturated rings. The van der Waals surface area contributed by atoms with Crippen LogP contribution in [0.25, 0.3) is 0 Å². The van der Waals surface area contributed by atoms with Gasteiger partial charge in [0.15, 0.2) is 0 Å². The molecule has 0 bridgehead atoms. The van der Waals surface area contributed by atoms with Crippen molar-refractivity contribution in [1.82, 2.24) is 5.32 Å². The third-order valence-corrected chi connectivity index (χ3v) is 3.75. The molecule has 0 aliphatic heterocycles. The zero-order valence-electron chi connectivity index (χ0n) is 12.2. The molecule has 0 unspecified atom stereocenters. The summed E-state index contributed by atoms with van der Waals surface area (Å²) in [5.41, 5.74) is 2.19. The summed E-state index contributed by atoms with van der Waals surface area (Å²) in [4.78, 5) is 0. The van der Waals surface area contributed by atoms with Crippen molar-refractivity contribution in [2.45, 2.75) is 26.0 Å². The number of aliphatic hydroxyl groups excluding tert-OH is 1. The molecule has 0 spiro atoms. The minimum Gasteiger partial charge on any atom is -0.388 e. The molecular weight excluding hydrogens is 246 g/mol. The standard InChI is InChI=1S/C18H23NO/c1-3-19-17(15-10-6-4-7-11-15)14(2)18(20)16-12-8-5-9-13-16/h4-14,17-20H,3H2,1-2H3/t14-,17+,18-/m0/s1. The van der Waals surface area contributed by atoms with Crippen molar-refractivity contribution in [2.24, 2.45) is 5.92 Å². The molecule has 2 nitrogen and oxygen atoms in total. The first-order valence-corrected chi connectivity index (χ1v) is 7.25. The monoisotopic (exact) mass is 269 g/mol. The van der Waals surface area contributed by atoms with E-state index in [1.165, 1.54) is 5.56 Å². The summed E-state index contributed by atoms with van der Waals surface area (Å²) in [5.74, 6) is 0.0970. The Bertz CT molecular complexity index is 497. The number of rotatable bonds is 6. The minimum atomic E-state index is -0.472. The third kappa shape index (κ3) is 3.47. The Morgan fingerprint density at radius 3 is 1.90 bits per heavy atom. The van der Waals surface area contributed by atoms with E-state index in [-0.39, 0.29) is 12.0 Å². The van der Waals surface area contributed by atoms with Crippen LogP contribution >= 0.6 is 0 Å². The highest BCUT2D eigenvalue weighted by Crippen LogP contribution is 2.32. The molecule has 0 radical (unpaired) electrons. The van der Waals surface area contributed by atoms with Crippen LogP contribution in [-0.4, -0.2) is 11.7 Å². The predicted octanol–water partition coefficient (Wildman–Crippen LogP) is 3.71. The van der Waals surface area contributed by atoms with Gasteiger partial charge in [0.1, 0.15) is 0 Å². The van der Waals surface area contributed by atoms with Crippen molar-refractivity contribution in [3.8, 4) is 0 Å². The zero-order valence-corrected chi connectivity index (χ0v) is 12.2. The maximum Gasteiger partial charge on any atom is 0.0833 e. The van der Waals surface area contributed by atoms with Crippen molar-refractivity contribution in [1.29, 1.82) is 0 Å². The summed E-state index contributed by atoms with van der Waals surface area (Å²) in [5, 5.41) is 14.1. The van der Waals surface area contributed by atoms with Gasteiger partial charge in [0.05, 0.1) is 6.10 Å². The Labute approximate surface area is 121 Å². The highest BCUT2D eigenvalue weighted by atomic mass is 16.3. The number of hydrogen-bond donors (Lipinski definition) is 2. The van der Waals surface area contributed by atoms with Crippen molar-refractivity contribution in [3.05, 3.63) is 71.8 Å². The highest BCUT2D eigenvalue weighted by Gasteiger charge is 2.25. The third-order valence-electron chi connectivity index (χ3n) is 3.75. The summed E-state index contributed by atoms with van der Waals surface area (Å²) in [7, 11) is 0. The van der Waals surface area contributed by atoms with Crippen LogP contribution in [0, 0.1) is 5.92 Å². The summed E-state index contributed by atoms with van der Waals surface area (Å²) in [6, 6.07) is 20.4. The maximum absolute atomic E-state index is 10.6. The number of benzene rings is 2. The second-order valence-electron chi connectivity index (χ2n) is 5.16.